The summed E-state index contributed by atoms with van der Waals surface area (Å²) < 4.78 is 10.3. The maximum Gasteiger partial charge on any atom is 0.506 e. The smallest absolute Gasteiger partial charge is 0.0843 e. The first-order chi connectivity index (χ1) is 4.74. The van der Waals surface area contributed by atoms with Gasteiger partial charge in [0.15, 0.2) is 0 Å². The molecule has 0 fully saturated rings. The second-order valence-electron chi connectivity index (χ2n) is 1.66. The molecule has 1 rings (SSSR count). The van der Waals surface area contributed by atoms with E-state index in [1.165, 1.54) is 0 Å². The van der Waals surface area contributed by atoms with Crippen molar-refractivity contribution >= 4 is 34.9 Å². The topological polar surface area (TPSA) is 17.1 Å². The van der Waals surface area contributed by atoms with Gasteiger partial charge in [0, 0.05) is 15.3 Å². The molecule has 0 unspecified atom stereocenters. The molecule has 4 heteroatoms. The minimum atomic E-state index is 0.364. The minimum Gasteiger partial charge on any atom is -0.0843 e. The van der Waals surface area contributed by atoms with Crippen molar-refractivity contribution < 1.29 is 4.21 Å². The summed E-state index contributed by atoms with van der Waals surface area (Å²) in [4.78, 5) is 0.506. The summed E-state index contributed by atoms with van der Waals surface area (Å²) in [7, 11) is 0. The second-order valence-corrected chi connectivity index (χ2v) is 3.11. The number of rotatable bonds is 1. The summed E-state index contributed by atoms with van der Waals surface area (Å²) in [5, 5.41) is 0.954. The maximum absolute atomic E-state index is 10.3. The summed E-state index contributed by atoms with van der Waals surface area (Å²) in [6.45, 7) is 0. The van der Waals surface area contributed by atoms with E-state index >= 15 is 0 Å². The van der Waals surface area contributed by atoms with Crippen molar-refractivity contribution in [2.45, 2.75) is 4.90 Å². The van der Waals surface area contributed by atoms with Gasteiger partial charge in [-0.15, -0.1) is 0 Å². The van der Waals surface area contributed by atoms with E-state index < -0.39 is 0 Å². The van der Waals surface area contributed by atoms with Crippen LogP contribution >= 0.6 is 23.2 Å². The van der Waals surface area contributed by atoms with Gasteiger partial charge in [0.1, 0.15) is 5.02 Å². The van der Waals surface area contributed by atoms with Crippen LogP contribution in [-0.4, -0.2) is 0 Å². The van der Waals surface area contributed by atoms with Crippen LogP contribution in [0.4, 0.5) is 0 Å². The van der Waals surface area contributed by atoms with Crippen molar-refractivity contribution in [3.05, 3.63) is 28.2 Å². The lowest BCUT2D eigenvalue weighted by Gasteiger charge is -1.85. The fourth-order valence-corrected chi connectivity index (χ4v) is 1.31. The summed E-state index contributed by atoms with van der Waals surface area (Å²) in [5.74, 6) is 0. The van der Waals surface area contributed by atoms with Crippen LogP contribution in [0.1, 0.15) is 0 Å². The van der Waals surface area contributed by atoms with E-state index in [0.717, 1.165) is 0 Å². The highest BCUT2D eigenvalue weighted by Gasteiger charge is 2.11. The minimum absolute atomic E-state index is 0.364. The van der Waals surface area contributed by atoms with E-state index in [2.05, 4.69) is 0 Å². The Bertz CT molecular complexity index is 262. The molecule has 0 saturated carbocycles. The third-order valence-corrected chi connectivity index (χ3v) is 2.18. The highest BCUT2D eigenvalue weighted by Crippen LogP contribution is 2.20. The Morgan fingerprint density at radius 1 is 1.30 bits per heavy atom. The molecule has 0 aliphatic heterocycles. The van der Waals surface area contributed by atoms with E-state index in [-0.39, 0.29) is 0 Å². The normalized spacial score (nSPS) is 9.40. The highest BCUT2D eigenvalue weighted by molar-refractivity contribution is 7.65. The van der Waals surface area contributed by atoms with E-state index in [4.69, 9.17) is 23.2 Å². The molecule has 0 N–H and O–H groups in total. The van der Waals surface area contributed by atoms with Crippen LogP contribution < -0.4 is 0 Å². The van der Waals surface area contributed by atoms with Gasteiger partial charge in [-0.25, -0.2) is 0 Å². The molecule has 1 aromatic carbocycles. The molecular formula is C6H3Cl2OS+. The average molecular weight is 194 g/mol. The van der Waals surface area contributed by atoms with Crippen LogP contribution in [-0.2, 0) is 15.9 Å². The summed E-state index contributed by atoms with van der Waals surface area (Å²) in [6, 6.07) is 4.78. The van der Waals surface area contributed by atoms with E-state index in [1.807, 2.05) is 0 Å². The predicted molar refractivity (Wildman–Crippen MR) is 42.8 cm³/mol. The first-order valence-electron chi connectivity index (χ1n) is 2.49. The van der Waals surface area contributed by atoms with Gasteiger partial charge in [0.25, 0.3) is 0 Å². The van der Waals surface area contributed by atoms with Crippen molar-refractivity contribution in [1.29, 1.82) is 0 Å². The molecule has 52 valence electrons. The van der Waals surface area contributed by atoms with Gasteiger partial charge in [0.05, 0.1) is 0 Å². The van der Waals surface area contributed by atoms with Gasteiger partial charge in [0.2, 0.25) is 0 Å². The van der Waals surface area contributed by atoms with Crippen LogP contribution in [0.25, 0.3) is 0 Å². The molecular weight excluding hydrogens is 191 g/mol. The first-order valence-corrected chi connectivity index (χ1v) is 3.98. The number of hydrogen-bond donors (Lipinski definition) is 0. The van der Waals surface area contributed by atoms with Gasteiger partial charge < -0.3 is 0 Å². The number of benzene rings is 1. The molecule has 1 nitrogen and oxygen atoms in total. The molecule has 0 aliphatic rings. The highest BCUT2D eigenvalue weighted by atomic mass is 35.5. The third kappa shape index (κ3) is 1.66. The lowest BCUT2D eigenvalue weighted by atomic mass is 10.4. The lowest BCUT2D eigenvalue weighted by Crippen LogP contribution is -1.74. The maximum atomic E-state index is 10.3. The molecule has 0 bridgehead atoms. The van der Waals surface area contributed by atoms with Crippen LogP contribution in [0.5, 0.6) is 0 Å². The second kappa shape index (κ2) is 3.28. The molecule has 10 heavy (non-hydrogen) atoms. The van der Waals surface area contributed by atoms with Crippen LogP contribution in [0.2, 0.25) is 10.0 Å². The molecule has 0 saturated heterocycles. The molecule has 0 aliphatic carbocycles. The van der Waals surface area contributed by atoms with E-state index in [1.54, 1.807) is 18.2 Å². The average Bonchev–Trinajstić information content (AvgIpc) is 1.88. The zero-order chi connectivity index (χ0) is 7.56. The zero-order valence-corrected chi connectivity index (χ0v) is 7.13. The van der Waals surface area contributed by atoms with Crippen LogP contribution in [0.15, 0.2) is 23.1 Å². The number of halogens is 2. The monoisotopic (exact) mass is 193 g/mol. The summed E-state index contributed by atoms with van der Waals surface area (Å²) >= 11 is 11.6. The third-order valence-electron chi connectivity index (χ3n) is 0.984. The number of hydrogen-bond acceptors (Lipinski definition) is 1. The first kappa shape index (κ1) is 7.92. The Balaban J connectivity index is 3.19. The van der Waals surface area contributed by atoms with Gasteiger partial charge in [-0.3, -0.25) is 0 Å². The van der Waals surface area contributed by atoms with Gasteiger partial charge in [-0.05, 0) is 12.1 Å². The quantitative estimate of drug-likeness (QED) is 0.628. The Hall–Kier alpha value is -0.180. The molecule has 0 radical (unpaired) electrons. The Kier molecular flexibility index (Phi) is 2.60. The van der Waals surface area contributed by atoms with E-state index in [0.29, 0.717) is 26.6 Å². The SMILES string of the molecule is O=[S+]c1ccc(Cl)cc1Cl. The van der Waals surface area contributed by atoms with Crippen molar-refractivity contribution in [3.63, 3.8) is 0 Å². The molecule has 0 spiro atoms. The standard InChI is InChI=1S/C6H3Cl2OS/c7-4-1-2-6(10-9)5(8)3-4/h1-3H/q+1. The fraction of sp³-hybridized carbons (Fsp3) is 0. The molecule has 0 heterocycles. The van der Waals surface area contributed by atoms with Crippen molar-refractivity contribution in [3.8, 4) is 0 Å². The fourth-order valence-electron chi connectivity index (χ4n) is 0.543. The van der Waals surface area contributed by atoms with Crippen molar-refractivity contribution in [1.82, 2.24) is 0 Å². The van der Waals surface area contributed by atoms with Crippen LogP contribution in [0, 0.1) is 0 Å². The Labute approximate surface area is 72.4 Å². The zero-order valence-electron chi connectivity index (χ0n) is 4.80. The lowest BCUT2D eigenvalue weighted by molar-refractivity contribution is 0.605. The van der Waals surface area contributed by atoms with Crippen LogP contribution in [0.3, 0.4) is 0 Å². The molecule has 0 atom stereocenters. The summed E-state index contributed by atoms with van der Waals surface area (Å²) in [5.41, 5.74) is 0. The molecule has 0 aromatic heterocycles. The summed E-state index contributed by atoms with van der Waals surface area (Å²) in [6.07, 6.45) is 0. The Morgan fingerprint density at radius 2 is 2.00 bits per heavy atom. The molecule has 0 amide bonds. The van der Waals surface area contributed by atoms with E-state index in [9.17, 15) is 4.21 Å². The van der Waals surface area contributed by atoms with Gasteiger partial charge in [-0.2, -0.15) is 0 Å². The largest absolute Gasteiger partial charge is 0.506 e. The predicted octanol–water partition coefficient (Wildman–Crippen LogP) is 2.78. The molecule has 1 aromatic rings. The Morgan fingerprint density at radius 3 is 2.50 bits per heavy atom. The van der Waals surface area contributed by atoms with Gasteiger partial charge >= 0.3 is 16.6 Å². The van der Waals surface area contributed by atoms with Crippen molar-refractivity contribution in [2.24, 2.45) is 0 Å². The van der Waals surface area contributed by atoms with Gasteiger partial charge in [-0.1, -0.05) is 23.2 Å². The van der Waals surface area contributed by atoms with Crippen molar-refractivity contribution in [2.75, 3.05) is 0 Å².